The summed E-state index contributed by atoms with van der Waals surface area (Å²) < 4.78 is 32.9. The van der Waals surface area contributed by atoms with E-state index in [1.807, 2.05) is 0 Å². The van der Waals surface area contributed by atoms with Crippen molar-refractivity contribution in [3.63, 3.8) is 0 Å². The van der Waals surface area contributed by atoms with Gasteiger partial charge in [-0.2, -0.15) is 0 Å². The van der Waals surface area contributed by atoms with Crippen LogP contribution in [0.4, 0.5) is 5.69 Å². The number of allylic oxidation sites excluding steroid dienone is 3. The molecule has 8 nitrogen and oxygen atoms in total. The fraction of sp³-hybridized carbons (Fsp3) is 0.100. The first-order chi connectivity index (χ1) is 13.9. The van der Waals surface area contributed by atoms with Crippen LogP contribution in [-0.2, 0) is 14.8 Å². The summed E-state index contributed by atoms with van der Waals surface area (Å²) in [6.07, 6.45) is 6.15. The number of hydrogen-bond acceptors (Lipinski definition) is 5. The van der Waals surface area contributed by atoms with E-state index in [0.717, 1.165) is 0 Å². The fourth-order valence-electron chi connectivity index (χ4n) is 2.22. The summed E-state index contributed by atoms with van der Waals surface area (Å²) in [6, 6.07) is 12.0. The molecule has 0 unspecified atom stereocenters. The summed E-state index contributed by atoms with van der Waals surface area (Å²) in [5.74, 6) is -0.830. The molecule has 2 amide bonds. The molecule has 0 saturated heterocycles. The molecule has 0 fully saturated rings. The van der Waals surface area contributed by atoms with Crippen LogP contribution in [0.5, 0.6) is 5.75 Å². The Morgan fingerprint density at radius 1 is 1.00 bits per heavy atom. The van der Waals surface area contributed by atoms with Gasteiger partial charge < -0.3 is 4.74 Å². The van der Waals surface area contributed by atoms with E-state index in [4.69, 9.17) is 4.74 Å². The summed E-state index contributed by atoms with van der Waals surface area (Å²) in [5, 5.41) is 0. The van der Waals surface area contributed by atoms with E-state index in [9.17, 15) is 18.0 Å². The van der Waals surface area contributed by atoms with Crippen molar-refractivity contribution in [1.82, 2.24) is 10.9 Å². The molecule has 2 aromatic rings. The fourth-order valence-corrected chi connectivity index (χ4v) is 3.34. The normalized spacial score (nSPS) is 11.4. The maximum atomic E-state index is 12.7. The number of ether oxygens (including phenoxy) is 1. The second-order valence-electron chi connectivity index (χ2n) is 5.66. The number of benzene rings is 2. The summed E-state index contributed by atoms with van der Waals surface area (Å²) in [7, 11) is -2.53. The SMILES string of the molecule is C/C=C/C=C/C(=O)NNC(=O)c1cccc(S(=O)(=O)Nc2ccccc2OC)c1. The van der Waals surface area contributed by atoms with E-state index in [1.165, 1.54) is 43.5 Å². The van der Waals surface area contributed by atoms with Crippen LogP contribution < -0.4 is 20.3 Å². The zero-order valence-corrected chi connectivity index (χ0v) is 16.7. The average molecular weight is 415 g/mol. The zero-order chi connectivity index (χ0) is 21.3. The number of carbonyl (C=O) groups excluding carboxylic acids is 2. The van der Waals surface area contributed by atoms with E-state index < -0.39 is 21.8 Å². The van der Waals surface area contributed by atoms with E-state index in [0.29, 0.717) is 5.75 Å². The van der Waals surface area contributed by atoms with Crippen molar-refractivity contribution in [1.29, 1.82) is 0 Å². The molecule has 0 aliphatic rings. The zero-order valence-electron chi connectivity index (χ0n) is 15.9. The lowest BCUT2D eigenvalue weighted by atomic mass is 10.2. The van der Waals surface area contributed by atoms with Crippen LogP contribution in [0.3, 0.4) is 0 Å². The summed E-state index contributed by atoms with van der Waals surface area (Å²) in [4.78, 5) is 23.7. The second kappa shape index (κ2) is 10.1. The average Bonchev–Trinajstić information content (AvgIpc) is 2.72. The minimum Gasteiger partial charge on any atom is -0.495 e. The molecule has 0 aliphatic carbocycles. The van der Waals surface area contributed by atoms with Crippen LogP contribution in [0.25, 0.3) is 0 Å². The van der Waals surface area contributed by atoms with Gasteiger partial charge >= 0.3 is 0 Å². The Balaban J connectivity index is 2.13. The van der Waals surface area contributed by atoms with Gasteiger partial charge in [-0.1, -0.05) is 36.4 Å². The van der Waals surface area contributed by atoms with Crippen molar-refractivity contribution in [3.05, 3.63) is 78.4 Å². The third-order valence-electron chi connectivity index (χ3n) is 3.61. The topological polar surface area (TPSA) is 114 Å². The molecule has 152 valence electrons. The Labute approximate surface area is 169 Å². The molecule has 0 radical (unpaired) electrons. The molecular formula is C20H21N3O5S. The first kappa shape index (κ1) is 21.7. The maximum Gasteiger partial charge on any atom is 0.269 e. The van der Waals surface area contributed by atoms with Crippen LogP contribution in [-0.4, -0.2) is 27.3 Å². The van der Waals surface area contributed by atoms with Crippen LogP contribution in [0.2, 0.25) is 0 Å². The van der Waals surface area contributed by atoms with Crippen LogP contribution in [0.1, 0.15) is 17.3 Å². The second-order valence-corrected chi connectivity index (χ2v) is 7.34. The predicted molar refractivity (Wildman–Crippen MR) is 110 cm³/mol. The highest BCUT2D eigenvalue weighted by atomic mass is 32.2. The monoisotopic (exact) mass is 415 g/mol. The minimum absolute atomic E-state index is 0.0608. The number of methoxy groups -OCH3 is 1. The number of anilines is 1. The van der Waals surface area contributed by atoms with Crippen molar-refractivity contribution in [2.45, 2.75) is 11.8 Å². The Hall–Kier alpha value is -3.59. The van der Waals surface area contributed by atoms with Gasteiger partial charge in [0.2, 0.25) is 0 Å². The van der Waals surface area contributed by atoms with Crippen molar-refractivity contribution in [2.75, 3.05) is 11.8 Å². The molecular weight excluding hydrogens is 394 g/mol. The van der Waals surface area contributed by atoms with E-state index >= 15 is 0 Å². The number of rotatable bonds is 7. The number of hydrogen-bond donors (Lipinski definition) is 3. The Kier molecular flexibility index (Phi) is 7.55. The molecule has 2 rings (SSSR count). The highest BCUT2D eigenvalue weighted by molar-refractivity contribution is 7.92. The molecule has 0 heterocycles. The van der Waals surface area contributed by atoms with Crippen molar-refractivity contribution >= 4 is 27.5 Å². The largest absolute Gasteiger partial charge is 0.495 e. The Morgan fingerprint density at radius 3 is 2.48 bits per heavy atom. The van der Waals surface area contributed by atoms with Gasteiger partial charge in [0.1, 0.15) is 5.75 Å². The smallest absolute Gasteiger partial charge is 0.269 e. The Morgan fingerprint density at radius 2 is 1.76 bits per heavy atom. The van der Waals surface area contributed by atoms with Crippen LogP contribution in [0.15, 0.2) is 77.7 Å². The standard InChI is InChI=1S/C20H21N3O5S/c1-3-4-5-13-19(24)21-22-20(25)15-9-8-10-16(14-15)29(26,27)23-17-11-6-7-12-18(17)28-2/h3-14,23H,1-2H3,(H,21,24)(H,22,25)/b4-3+,13-5+. The molecule has 0 atom stereocenters. The lowest BCUT2D eigenvalue weighted by molar-refractivity contribution is -0.117. The maximum absolute atomic E-state index is 12.7. The molecule has 29 heavy (non-hydrogen) atoms. The molecule has 0 bridgehead atoms. The van der Waals surface area contributed by atoms with Gasteiger partial charge in [-0.3, -0.25) is 25.2 Å². The minimum atomic E-state index is -3.96. The van der Waals surface area contributed by atoms with Gasteiger partial charge in [0.05, 0.1) is 17.7 Å². The lowest BCUT2D eigenvalue weighted by Gasteiger charge is -2.12. The quantitative estimate of drug-likeness (QED) is 0.365. The van der Waals surface area contributed by atoms with Gasteiger partial charge in [-0.15, -0.1) is 0 Å². The third-order valence-corrected chi connectivity index (χ3v) is 4.97. The van der Waals surface area contributed by atoms with Gasteiger partial charge in [-0.05, 0) is 37.3 Å². The number of para-hydroxylation sites is 2. The lowest BCUT2D eigenvalue weighted by Crippen LogP contribution is -2.40. The van der Waals surface area contributed by atoms with Crippen molar-refractivity contribution in [3.8, 4) is 5.75 Å². The van der Waals surface area contributed by atoms with E-state index in [-0.39, 0.29) is 16.1 Å². The van der Waals surface area contributed by atoms with Gasteiger partial charge in [0, 0.05) is 11.6 Å². The molecule has 0 saturated carbocycles. The van der Waals surface area contributed by atoms with Crippen LogP contribution >= 0.6 is 0 Å². The van der Waals surface area contributed by atoms with Gasteiger partial charge in [-0.25, -0.2) is 8.42 Å². The molecule has 2 aromatic carbocycles. The number of nitrogens with one attached hydrogen (secondary N) is 3. The highest BCUT2D eigenvalue weighted by Gasteiger charge is 2.18. The third kappa shape index (κ3) is 6.22. The van der Waals surface area contributed by atoms with Gasteiger partial charge in [0.25, 0.3) is 21.8 Å². The number of hydrazine groups is 1. The molecule has 3 N–H and O–H groups in total. The number of carbonyl (C=O) groups is 2. The first-order valence-electron chi connectivity index (χ1n) is 8.53. The van der Waals surface area contributed by atoms with Crippen LogP contribution in [0, 0.1) is 0 Å². The molecule has 0 spiro atoms. The first-order valence-corrected chi connectivity index (χ1v) is 10.0. The molecule has 0 aliphatic heterocycles. The van der Waals surface area contributed by atoms with Gasteiger partial charge in [0.15, 0.2) is 0 Å². The Bertz CT molecular complexity index is 1050. The highest BCUT2D eigenvalue weighted by Crippen LogP contribution is 2.26. The van der Waals surface area contributed by atoms with E-state index in [2.05, 4.69) is 15.6 Å². The predicted octanol–water partition coefficient (Wildman–Crippen LogP) is 2.39. The molecule has 0 aromatic heterocycles. The van der Waals surface area contributed by atoms with E-state index in [1.54, 1.807) is 43.3 Å². The summed E-state index contributed by atoms with van der Waals surface area (Å²) in [5.41, 5.74) is 4.76. The molecule has 9 heteroatoms. The number of sulfonamides is 1. The summed E-state index contributed by atoms with van der Waals surface area (Å²) in [6.45, 7) is 1.80. The van der Waals surface area contributed by atoms with Crippen molar-refractivity contribution < 1.29 is 22.7 Å². The summed E-state index contributed by atoms with van der Waals surface area (Å²) >= 11 is 0. The van der Waals surface area contributed by atoms with Crippen molar-refractivity contribution in [2.24, 2.45) is 0 Å². The number of amides is 2.